The molecule has 1 N–H and O–H groups in total. The lowest BCUT2D eigenvalue weighted by Gasteiger charge is -2.31. The second-order valence-corrected chi connectivity index (χ2v) is 6.42. The minimum absolute atomic E-state index is 0.143. The number of rotatable bonds is 5. The van der Waals surface area contributed by atoms with E-state index in [4.69, 9.17) is 0 Å². The van der Waals surface area contributed by atoms with Gasteiger partial charge in [0.1, 0.15) is 0 Å². The molecular formula is C14H26N4S. The van der Waals surface area contributed by atoms with E-state index < -0.39 is 0 Å². The average Bonchev–Trinajstić information content (AvgIpc) is 2.88. The first kappa shape index (κ1) is 14.9. The number of hydrogen-bond donors (Lipinski definition) is 2. The fourth-order valence-electron chi connectivity index (χ4n) is 2.55. The summed E-state index contributed by atoms with van der Waals surface area (Å²) in [5, 5.41) is 8.18. The van der Waals surface area contributed by atoms with Crippen molar-refractivity contribution < 1.29 is 0 Å². The van der Waals surface area contributed by atoms with E-state index in [1.54, 1.807) is 0 Å². The van der Waals surface area contributed by atoms with Gasteiger partial charge in [0.2, 0.25) is 0 Å². The van der Waals surface area contributed by atoms with Crippen LogP contribution < -0.4 is 5.32 Å². The van der Waals surface area contributed by atoms with Gasteiger partial charge in [-0.2, -0.15) is 17.7 Å². The molecule has 1 aliphatic rings. The van der Waals surface area contributed by atoms with Gasteiger partial charge < -0.3 is 10.2 Å². The highest BCUT2D eigenvalue weighted by molar-refractivity contribution is 7.80. The van der Waals surface area contributed by atoms with Crippen LogP contribution in [0.1, 0.15) is 37.8 Å². The molecule has 2 heterocycles. The van der Waals surface area contributed by atoms with Crippen LogP contribution in [0.2, 0.25) is 0 Å². The van der Waals surface area contributed by atoms with E-state index in [1.807, 2.05) is 17.8 Å². The second kappa shape index (κ2) is 6.77. The van der Waals surface area contributed by atoms with Gasteiger partial charge in [-0.05, 0) is 18.9 Å². The normalized spacial score (nSPS) is 22.1. The van der Waals surface area contributed by atoms with Gasteiger partial charge in [0.05, 0.1) is 11.1 Å². The molecule has 0 saturated carbocycles. The van der Waals surface area contributed by atoms with Crippen LogP contribution in [-0.2, 0) is 0 Å². The molecule has 108 valence electrons. The zero-order valence-electron chi connectivity index (χ0n) is 12.2. The van der Waals surface area contributed by atoms with Crippen molar-refractivity contribution in [2.75, 3.05) is 32.7 Å². The minimum Gasteiger partial charge on any atom is -0.314 e. The zero-order chi connectivity index (χ0) is 13.8. The molecule has 5 heteroatoms. The van der Waals surface area contributed by atoms with Crippen molar-refractivity contribution in [2.24, 2.45) is 5.92 Å². The quantitative estimate of drug-likeness (QED) is 0.810. The summed E-state index contributed by atoms with van der Waals surface area (Å²) < 4.78 is 1.92. The smallest absolute Gasteiger partial charge is 0.0914 e. The number of nitrogens with one attached hydrogen (secondary N) is 1. The van der Waals surface area contributed by atoms with Crippen LogP contribution in [0.4, 0.5) is 0 Å². The van der Waals surface area contributed by atoms with E-state index in [0.717, 1.165) is 19.6 Å². The number of nitrogens with zero attached hydrogens (tertiary/aromatic N) is 3. The van der Waals surface area contributed by atoms with Gasteiger partial charge in [-0.3, -0.25) is 4.68 Å². The van der Waals surface area contributed by atoms with Crippen LogP contribution in [0.15, 0.2) is 12.3 Å². The maximum Gasteiger partial charge on any atom is 0.0914 e. The van der Waals surface area contributed by atoms with Crippen molar-refractivity contribution in [1.29, 1.82) is 0 Å². The molecule has 19 heavy (non-hydrogen) atoms. The highest BCUT2D eigenvalue weighted by Gasteiger charge is 2.21. The minimum atomic E-state index is 0.143. The fraction of sp³-hybridized carbons (Fsp3) is 0.786. The molecule has 3 unspecified atom stereocenters. The summed E-state index contributed by atoms with van der Waals surface area (Å²) in [5.41, 5.74) is 1.18. The molecule has 4 nitrogen and oxygen atoms in total. The van der Waals surface area contributed by atoms with E-state index in [2.05, 4.69) is 47.9 Å². The predicted molar refractivity (Wildman–Crippen MR) is 82.8 cm³/mol. The molecule has 0 amide bonds. The lowest BCUT2D eigenvalue weighted by Crippen LogP contribution is -2.45. The van der Waals surface area contributed by atoms with E-state index in [9.17, 15) is 0 Å². The van der Waals surface area contributed by atoms with Crippen molar-refractivity contribution >= 4 is 12.6 Å². The van der Waals surface area contributed by atoms with Crippen molar-refractivity contribution in [3.05, 3.63) is 18.0 Å². The van der Waals surface area contributed by atoms with Gasteiger partial charge in [-0.1, -0.05) is 13.8 Å². The van der Waals surface area contributed by atoms with Crippen molar-refractivity contribution in [3.8, 4) is 0 Å². The van der Waals surface area contributed by atoms with Crippen molar-refractivity contribution in [2.45, 2.75) is 32.1 Å². The van der Waals surface area contributed by atoms with Crippen LogP contribution in [0, 0.1) is 5.92 Å². The van der Waals surface area contributed by atoms with E-state index in [0.29, 0.717) is 11.8 Å². The Morgan fingerprint density at radius 2 is 2.00 bits per heavy atom. The zero-order valence-corrected chi connectivity index (χ0v) is 13.1. The number of thiol groups is 1. The fourth-order valence-corrected chi connectivity index (χ4v) is 2.68. The summed E-state index contributed by atoms with van der Waals surface area (Å²) in [7, 11) is 0. The molecule has 1 aromatic rings. The summed E-state index contributed by atoms with van der Waals surface area (Å²) in [6.07, 6.45) is 2.03. The van der Waals surface area contributed by atoms with E-state index >= 15 is 0 Å². The lowest BCUT2D eigenvalue weighted by atomic mass is 9.92. The molecule has 0 spiro atoms. The summed E-state index contributed by atoms with van der Waals surface area (Å²) in [6.45, 7) is 12.4. The van der Waals surface area contributed by atoms with Crippen LogP contribution in [0.5, 0.6) is 0 Å². The Morgan fingerprint density at radius 1 is 1.32 bits per heavy atom. The maximum atomic E-state index is 4.63. The van der Waals surface area contributed by atoms with E-state index in [1.165, 1.54) is 18.8 Å². The third-order valence-corrected chi connectivity index (χ3v) is 4.32. The first-order chi connectivity index (χ1) is 9.08. The van der Waals surface area contributed by atoms with Crippen molar-refractivity contribution in [3.63, 3.8) is 0 Å². The third kappa shape index (κ3) is 3.97. The summed E-state index contributed by atoms with van der Waals surface area (Å²) >= 11 is 4.41. The summed E-state index contributed by atoms with van der Waals surface area (Å²) in [4.78, 5) is 2.55. The highest BCUT2D eigenvalue weighted by Crippen LogP contribution is 2.24. The molecule has 1 saturated heterocycles. The SMILES string of the molecule is CC(CN1CCNCC1)C(C)c1ccn(C(C)S)n1. The van der Waals surface area contributed by atoms with Gasteiger partial charge in [-0.15, -0.1) is 0 Å². The predicted octanol–water partition coefficient (Wildman–Crippen LogP) is 1.98. The summed E-state index contributed by atoms with van der Waals surface area (Å²) in [5.74, 6) is 1.11. The number of piperazine rings is 1. The van der Waals surface area contributed by atoms with Gasteiger partial charge in [-0.25, -0.2) is 0 Å². The summed E-state index contributed by atoms with van der Waals surface area (Å²) in [6, 6.07) is 2.13. The lowest BCUT2D eigenvalue weighted by molar-refractivity contribution is 0.200. The van der Waals surface area contributed by atoms with Crippen LogP contribution in [0.25, 0.3) is 0 Å². The third-order valence-electron chi connectivity index (χ3n) is 4.09. The molecule has 3 atom stereocenters. The highest BCUT2D eigenvalue weighted by atomic mass is 32.1. The average molecular weight is 282 g/mol. The molecular weight excluding hydrogens is 256 g/mol. The number of aromatic nitrogens is 2. The topological polar surface area (TPSA) is 33.1 Å². The Balaban J connectivity index is 1.91. The molecule has 0 aromatic carbocycles. The maximum absolute atomic E-state index is 4.63. The van der Waals surface area contributed by atoms with Crippen molar-refractivity contribution in [1.82, 2.24) is 20.0 Å². The Kier molecular flexibility index (Phi) is 5.30. The Labute approximate surface area is 122 Å². The molecule has 1 fully saturated rings. The number of hydrogen-bond acceptors (Lipinski definition) is 4. The largest absolute Gasteiger partial charge is 0.314 e. The Bertz CT molecular complexity index is 385. The Morgan fingerprint density at radius 3 is 2.58 bits per heavy atom. The molecule has 2 rings (SSSR count). The molecule has 0 bridgehead atoms. The first-order valence-electron chi connectivity index (χ1n) is 7.24. The standard InChI is InChI=1S/C14H26N4S/c1-11(10-17-8-5-15-6-9-17)12(2)14-4-7-18(16-14)13(3)19/h4,7,11-13,15,19H,5-6,8-10H2,1-3H3. The van der Waals surface area contributed by atoms with E-state index in [-0.39, 0.29) is 5.37 Å². The molecule has 1 aromatic heterocycles. The van der Waals surface area contributed by atoms with Crippen LogP contribution >= 0.6 is 12.6 Å². The Hall–Kier alpha value is -0.520. The molecule has 1 aliphatic heterocycles. The first-order valence-corrected chi connectivity index (χ1v) is 7.75. The van der Waals surface area contributed by atoms with Gasteiger partial charge in [0.15, 0.2) is 0 Å². The molecule has 0 radical (unpaired) electrons. The van der Waals surface area contributed by atoms with Gasteiger partial charge in [0, 0.05) is 44.8 Å². The second-order valence-electron chi connectivity index (χ2n) is 5.67. The molecule has 0 aliphatic carbocycles. The van der Waals surface area contributed by atoms with Gasteiger partial charge >= 0.3 is 0 Å². The van der Waals surface area contributed by atoms with Crippen LogP contribution in [0.3, 0.4) is 0 Å². The van der Waals surface area contributed by atoms with Crippen LogP contribution in [-0.4, -0.2) is 47.4 Å². The van der Waals surface area contributed by atoms with Gasteiger partial charge in [0.25, 0.3) is 0 Å². The monoisotopic (exact) mass is 282 g/mol.